The first kappa shape index (κ1) is 14.6. The van der Waals surface area contributed by atoms with E-state index in [0.29, 0.717) is 10.1 Å². The van der Waals surface area contributed by atoms with Crippen LogP contribution in [0.25, 0.3) is 11.2 Å². The maximum Gasteiger partial charge on any atom is 0.330 e. The number of nitrogens with zero attached hydrogens (tertiary/aromatic N) is 3. The summed E-state index contributed by atoms with van der Waals surface area (Å²) in [5.74, 6) is -1.27. The summed E-state index contributed by atoms with van der Waals surface area (Å²) in [5, 5.41) is 9.46. The number of hydrogen-bond donors (Lipinski definition) is 2. The predicted molar refractivity (Wildman–Crippen MR) is 81.2 cm³/mol. The summed E-state index contributed by atoms with van der Waals surface area (Å²) in [7, 11) is 0. The highest BCUT2D eigenvalue weighted by atomic mass is 16.4. The van der Waals surface area contributed by atoms with Crippen molar-refractivity contribution in [2.75, 3.05) is 0 Å². The molecule has 0 aliphatic carbocycles. The Morgan fingerprint density at radius 1 is 1.17 bits per heavy atom. The van der Waals surface area contributed by atoms with Gasteiger partial charge in [-0.25, -0.2) is 24.1 Å². The van der Waals surface area contributed by atoms with Gasteiger partial charge in [0, 0.05) is 18.8 Å². The number of H-pyrrole nitrogens is 1. The van der Waals surface area contributed by atoms with Crippen LogP contribution in [0.3, 0.4) is 0 Å². The molecule has 3 aromatic rings. The van der Waals surface area contributed by atoms with Gasteiger partial charge >= 0.3 is 11.7 Å². The Morgan fingerprint density at radius 2 is 1.87 bits per heavy atom. The number of nitrogens with one attached hydrogen (secondary N) is 1. The molecule has 0 aliphatic rings. The average molecular weight is 312 g/mol. The van der Waals surface area contributed by atoms with Crippen molar-refractivity contribution in [2.45, 2.75) is 12.5 Å². The van der Waals surface area contributed by atoms with Crippen LogP contribution in [0.2, 0.25) is 0 Å². The monoisotopic (exact) mass is 312 g/mol. The van der Waals surface area contributed by atoms with Gasteiger partial charge in [0.25, 0.3) is 5.56 Å². The number of carbonyl (C=O) groups is 1. The van der Waals surface area contributed by atoms with Gasteiger partial charge in [-0.05, 0) is 5.56 Å². The number of aromatic nitrogens is 4. The van der Waals surface area contributed by atoms with E-state index in [9.17, 15) is 19.5 Å². The molecular weight excluding hydrogens is 300 g/mol. The van der Waals surface area contributed by atoms with Gasteiger partial charge in [-0.1, -0.05) is 30.3 Å². The third-order valence-electron chi connectivity index (χ3n) is 3.43. The van der Waals surface area contributed by atoms with Crippen molar-refractivity contribution in [3.05, 3.63) is 69.1 Å². The lowest BCUT2D eigenvalue weighted by Crippen LogP contribution is -2.42. The number of benzene rings is 1. The van der Waals surface area contributed by atoms with Crippen LogP contribution in [0, 0.1) is 0 Å². The first-order valence-corrected chi connectivity index (χ1v) is 6.80. The summed E-state index contributed by atoms with van der Waals surface area (Å²) in [6, 6.07) is 7.44. The molecule has 1 atom stereocenters. The van der Waals surface area contributed by atoms with Crippen LogP contribution in [0.1, 0.15) is 11.6 Å². The Labute approximate surface area is 129 Å². The fourth-order valence-corrected chi connectivity index (χ4v) is 2.36. The van der Waals surface area contributed by atoms with E-state index in [1.54, 1.807) is 30.3 Å². The van der Waals surface area contributed by atoms with Crippen molar-refractivity contribution >= 4 is 17.1 Å². The van der Waals surface area contributed by atoms with Crippen LogP contribution in [0.5, 0.6) is 0 Å². The molecule has 0 saturated heterocycles. The first-order chi connectivity index (χ1) is 11.1. The minimum absolute atomic E-state index is 0.00489. The molecule has 8 heteroatoms. The van der Waals surface area contributed by atoms with Crippen LogP contribution >= 0.6 is 0 Å². The molecule has 1 aromatic carbocycles. The van der Waals surface area contributed by atoms with E-state index in [1.807, 2.05) is 0 Å². The SMILES string of the molecule is O=C(O)C(Cc1ccccc1)n1c(=O)[nH]c2nccnc2c1=O. The summed E-state index contributed by atoms with van der Waals surface area (Å²) in [6.07, 6.45) is 2.64. The Balaban J connectivity index is 2.17. The zero-order valence-electron chi connectivity index (χ0n) is 11.8. The van der Waals surface area contributed by atoms with E-state index < -0.39 is 23.3 Å². The highest BCUT2D eigenvalue weighted by molar-refractivity contribution is 5.73. The van der Waals surface area contributed by atoms with E-state index in [-0.39, 0.29) is 17.6 Å². The van der Waals surface area contributed by atoms with Crippen molar-refractivity contribution in [1.82, 2.24) is 19.5 Å². The minimum Gasteiger partial charge on any atom is -0.480 e. The zero-order chi connectivity index (χ0) is 16.4. The molecule has 0 aliphatic heterocycles. The Hall–Kier alpha value is -3.29. The lowest BCUT2D eigenvalue weighted by atomic mass is 10.1. The average Bonchev–Trinajstić information content (AvgIpc) is 2.54. The number of aromatic amines is 1. The summed E-state index contributed by atoms with van der Waals surface area (Å²) < 4.78 is 0.673. The first-order valence-electron chi connectivity index (χ1n) is 6.80. The predicted octanol–water partition coefficient (Wildman–Crippen LogP) is 0.348. The fourth-order valence-electron chi connectivity index (χ4n) is 2.36. The van der Waals surface area contributed by atoms with Crippen LogP contribution in [-0.4, -0.2) is 30.6 Å². The van der Waals surface area contributed by atoms with Gasteiger partial charge in [0.05, 0.1) is 0 Å². The summed E-state index contributed by atoms with van der Waals surface area (Å²) >= 11 is 0. The van der Waals surface area contributed by atoms with Crippen LogP contribution in [-0.2, 0) is 11.2 Å². The van der Waals surface area contributed by atoms with Crippen molar-refractivity contribution < 1.29 is 9.90 Å². The number of rotatable bonds is 4. The molecular formula is C15H12N4O4. The number of carboxylic acids is 1. The second-order valence-electron chi connectivity index (χ2n) is 4.90. The molecule has 2 N–H and O–H groups in total. The van der Waals surface area contributed by atoms with Gasteiger partial charge in [0.1, 0.15) is 6.04 Å². The topological polar surface area (TPSA) is 118 Å². The van der Waals surface area contributed by atoms with Crippen molar-refractivity contribution in [3.8, 4) is 0 Å². The normalized spacial score (nSPS) is 12.2. The summed E-state index contributed by atoms with van der Waals surface area (Å²) in [6.45, 7) is 0. The van der Waals surface area contributed by atoms with Gasteiger partial charge in [-0.2, -0.15) is 0 Å². The van der Waals surface area contributed by atoms with Gasteiger partial charge < -0.3 is 5.11 Å². The second kappa shape index (κ2) is 5.84. The Morgan fingerprint density at radius 3 is 2.57 bits per heavy atom. The fraction of sp³-hybridized carbons (Fsp3) is 0.133. The highest BCUT2D eigenvalue weighted by Gasteiger charge is 2.25. The third-order valence-corrected chi connectivity index (χ3v) is 3.43. The molecule has 3 rings (SSSR count). The molecule has 0 amide bonds. The Bertz CT molecular complexity index is 978. The molecule has 1 unspecified atom stereocenters. The molecule has 2 aromatic heterocycles. The summed E-state index contributed by atoms with van der Waals surface area (Å²) in [5.41, 5.74) is -0.953. The third kappa shape index (κ3) is 2.73. The van der Waals surface area contributed by atoms with Crippen molar-refractivity contribution in [3.63, 3.8) is 0 Å². The van der Waals surface area contributed by atoms with Crippen LogP contribution < -0.4 is 11.2 Å². The van der Waals surface area contributed by atoms with Gasteiger partial charge in [-0.15, -0.1) is 0 Å². The van der Waals surface area contributed by atoms with Crippen LogP contribution in [0.15, 0.2) is 52.3 Å². The lowest BCUT2D eigenvalue weighted by molar-refractivity contribution is -0.141. The summed E-state index contributed by atoms with van der Waals surface area (Å²) in [4.78, 5) is 46.3. The van der Waals surface area contributed by atoms with E-state index >= 15 is 0 Å². The maximum absolute atomic E-state index is 12.5. The quantitative estimate of drug-likeness (QED) is 0.717. The molecule has 23 heavy (non-hydrogen) atoms. The van der Waals surface area contributed by atoms with Crippen molar-refractivity contribution in [2.24, 2.45) is 0 Å². The highest BCUT2D eigenvalue weighted by Crippen LogP contribution is 2.12. The van der Waals surface area contributed by atoms with E-state index in [2.05, 4.69) is 15.0 Å². The second-order valence-corrected chi connectivity index (χ2v) is 4.90. The molecule has 0 fully saturated rings. The molecule has 0 radical (unpaired) electrons. The lowest BCUT2D eigenvalue weighted by Gasteiger charge is -2.14. The molecule has 0 spiro atoms. The van der Waals surface area contributed by atoms with E-state index in [0.717, 1.165) is 0 Å². The number of carboxylic acid groups (broad SMARTS) is 1. The largest absolute Gasteiger partial charge is 0.480 e. The van der Waals surface area contributed by atoms with Crippen LogP contribution in [0.4, 0.5) is 0 Å². The molecule has 8 nitrogen and oxygen atoms in total. The number of fused-ring (bicyclic) bond motifs is 1. The van der Waals surface area contributed by atoms with Gasteiger partial charge in [0.2, 0.25) is 0 Å². The Kier molecular flexibility index (Phi) is 3.71. The van der Waals surface area contributed by atoms with Gasteiger partial charge in [-0.3, -0.25) is 9.78 Å². The van der Waals surface area contributed by atoms with E-state index in [4.69, 9.17) is 0 Å². The molecule has 0 saturated carbocycles. The number of aliphatic carboxylic acids is 1. The zero-order valence-corrected chi connectivity index (χ0v) is 11.8. The molecule has 0 bridgehead atoms. The standard InChI is InChI=1S/C15H12N4O4/c20-13-11-12(17-7-6-16-11)18-15(23)19(13)10(14(21)22)8-9-4-2-1-3-5-9/h1-7,10H,8H2,(H,21,22)(H,17,18,23). The number of hydrogen-bond acceptors (Lipinski definition) is 5. The smallest absolute Gasteiger partial charge is 0.330 e. The molecule has 2 heterocycles. The van der Waals surface area contributed by atoms with Crippen molar-refractivity contribution in [1.29, 1.82) is 0 Å². The molecule has 116 valence electrons. The maximum atomic E-state index is 12.5. The minimum atomic E-state index is -1.33. The van der Waals surface area contributed by atoms with E-state index in [1.165, 1.54) is 12.4 Å². The van der Waals surface area contributed by atoms with Gasteiger partial charge in [0.15, 0.2) is 11.2 Å².